The van der Waals surface area contributed by atoms with E-state index in [9.17, 15) is 0 Å². The SMILES string of the molecule is CN=C(NCCCOC1CCCC1)N1CCC(C)(C)C1. The van der Waals surface area contributed by atoms with Crippen molar-refractivity contribution in [1.29, 1.82) is 0 Å². The maximum Gasteiger partial charge on any atom is 0.193 e. The molecule has 0 bridgehead atoms. The Balaban J connectivity index is 1.59. The first kappa shape index (κ1) is 15.6. The van der Waals surface area contributed by atoms with Crippen molar-refractivity contribution < 1.29 is 4.74 Å². The second kappa shape index (κ2) is 7.30. The smallest absolute Gasteiger partial charge is 0.193 e. The van der Waals surface area contributed by atoms with Crippen LogP contribution in [0.15, 0.2) is 4.99 Å². The fourth-order valence-electron chi connectivity index (χ4n) is 3.20. The van der Waals surface area contributed by atoms with Crippen molar-refractivity contribution in [2.45, 2.75) is 58.5 Å². The average Bonchev–Trinajstić information content (AvgIpc) is 3.03. The molecule has 1 saturated heterocycles. The summed E-state index contributed by atoms with van der Waals surface area (Å²) in [5.41, 5.74) is 0.420. The molecule has 4 heteroatoms. The molecule has 0 atom stereocenters. The summed E-state index contributed by atoms with van der Waals surface area (Å²) in [7, 11) is 1.88. The topological polar surface area (TPSA) is 36.9 Å². The van der Waals surface area contributed by atoms with Gasteiger partial charge in [-0.2, -0.15) is 0 Å². The molecular formula is C16H31N3O. The van der Waals surface area contributed by atoms with Crippen molar-refractivity contribution in [2.75, 3.05) is 33.3 Å². The van der Waals surface area contributed by atoms with Crippen LogP contribution in [0.1, 0.15) is 52.4 Å². The molecule has 1 heterocycles. The molecule has 4 nitrogen and oxygen atoms in total. The van der Waals surface area contributed by atoms with E-state index >= 15 is 0 Å². The molecule has 2 rings (SSSR count). The molecule has 0 aromatic heterocycles. The van der Waals surface area contributed by atoms with Crippen molar-refractivity contribution in [3.63, 3.8) is 0 Å². The molecule has 0 aromatic rings. The van der Waals surface area contributed by atoms with Crippen LogP contribution in [0.25, 0.3) is 0 Å². The Morgan fingerprint density at radius 3 is 2.70 bits per heavy atom. The number of aliphatic imine (C=N–C) groups is 1. The lowest BCUT2D eigenvalue weighted by atomic mass is 9.93. The van der Waals surface area contributed by atoms with Crippen LogP contribution in [0.3, 0.4) is 0 Å². The Morgan fingerprint density at radius 2 is 2.10 bits per heavy atom. The monoisotopic (exact) mass is 281 g/mol. The lowest BCUT2D eigenvalue weighted by Gasteiger charge is -2.23. The Hall–Kier alpha value is -0.770. The van der Waals surface area contributed by atoms with Crippen LogP contribution in [0.2, 0.25) is 0 Å². The molecule has 116 valence electrons. The fourth-order valence-corrected chi connectivity index (χ4v) is 3.20. The Bertz CT molecular complexity index is 322. The number of nitrogens with one attached hydrogen (secondary N) is 1. The summed E-state index contributed by atoms with van der Waals surface area (Å²) in [6.07, 6.45) is 8.07. The van der Waals surface area contributed by atoms with E-state index in [2.05, 4.69) is 29.1 Å². The molecule has 1 aliphatic heterocycles. The lowest BCUT2D eigenvalue weighted by Crippen LogP contribution is -2.41. The summed E-state index contributed by atoms with van der Waals surface area (Å²) >= 11 is 0. The molecule has 20 heavy (non-hydrogen) atoms. The van der Waals surface area contributed by atoms with Crippen molar-refractivity contribution in [3.8, 4) is 0 Å². The molecule has 2 fully saturated rings. The zero-order chi connectivity index (χ0) is 14.4. The minimum Gasteiger partial charge on any atom is -0.378 e. The predicted molar refractivity (Wildman–Crippen MR) is 84.2 cm³/mol. The lowest BCUT2D eigenvalue weighted by molar-refractivity contribution is 0.0573. The Labute approximate surface area is 124 Å². The van der Waals surface area contributed by atoms with Gasteiger partial charge in [0, 0.05) is 33.3 Å². The zero-order valence-corrected chi connectivity index (χ0v) is 13.5. The molecule has 2 aliphatic rings. The van der Waals surface area contributed by atoms with Crippen molar-refractivity contribution in [3.05, 3.63) is 0 Å². The van der Waals surface area contributed by atoms with E-state index in [1.54, 1.807) is 0 Å². The van der Waals surface area contributed by atoms with Crippen LogP contribution in [0.5, 0.6) is 0 Å². The number of hydrogen-bond donors (Lipinski definition) is 1. The number of nitrogens with zero attached hydrogens (tertiary/aromatic N) is 2. The van der Waals surface area contributed by atoms with E-state index < -0.39 is 0 Å². The quantitative estimate of drug-likeness (QED) is 0.478. The second-order valence-corrected chi connectivity index (χ2v) is 6.94. The third-order valence-electron chi connectivity index (χ3n) is 4.45. The minimum atomic E-state index is 0.420. The van der Waals surface area contributed by atoms with Gasteiger partial charge in [-0.25, -0.2) is 0 Å². The highest BCUT2D eigenvalue weighted by molar-refractivity contribution is 5.80. The first-order chi connectivity index (χ1) is 9.61. The minimum absolute atomic E-state index is 0.420. The summed E-state index contributed by atoms with van der Waals surface area (Å²) in [6, 6.07) is 0. The van der Waals surface area contributed by atoms with E-state index in [0.29, 0.717) is 11.5 Å². The number of guanidine groups is 1. The van der Waals surface area contributed by atoms with Gasteiger partial charge in [0.15, 0.2) is 5.96 Å². The maximum atomic E-state index is 5.88. The largest absolute Gasteiger partial charge is 0.378 e. The molecule has 0 amide bonds. The number of rotatable bonds is 5. The third kappa shape index (κ3) is 4.65. The highest BCUT2D eigenvalue weighted by atomic mass is 16.5. The Kier molecular flexibility index (Phi) is 5.70. The predicted octanol–water partition coefficient (Wildman–Crippen LogP) is 2.64. The van der Waals surface area contributed by atoms with Gasteiger partial charge in [0.25, 0.3) is 0 Å². The van der Waals surface area contributed by atoms with Gasteiger partial charge in [0.2, 0.25) is 0 Å². The summed E-state index contributed by atoms with van der Waals surface area (Å²) < 4.78 is 5.88. The maximum absolute atomic E-state index is 5.88. The fraction of sp³-hybridized carbons (Fsp3) is 0.938. The molecule has 0 radical (unpaired) electrons. The van der Waals surface area contributed by atoms with E-state index in [4.69, 9.17) is 4.74 Å². The van der Waals surface area contributed by atoms with Crippen LogP contribution in [-0.2, 0) is 4.74 Å². The molecule has 1 saturated carbocycles. The van der Waals surface area contributed by atoms with Gasteiger partial charge in [-0.15, -0.1) is 0 Å². The van der Waals surface area contributed by atoms with Gasteiger partial charge in [-0.1, -0.05) is 26.7 Å². The van der Waals surface area contributed by atoms with Crippen molar-refractivity contribution in [2.24, 2.45) is 10.4 Å². The first-order valence-electron chi connectivity index (χ1n) is 8.18. The van der Waals surface area contributed by atoms with Crippen LogP contribution in [0.4, 0.5) is 0 Å². The number of likely N-dealkylation sites (tertiary alicyclic amines) is 1. The van der Waals surface area contributed by atoms with Crippen LogP contribution >= 0.6 is 0 Å². The zero-order valence-electron chi connectivity index (χ0n) is 13.5. The summed E-state index contributed by atoms with van der Waals surface area (Å²) in [5.74, 6) is 1.05. The molecule has 0 unspecified atom stereocenters. The number of hydrogen-bond acceptors (Lipinski definition) is 2. The van der Waals surface area contributed by atoms with E-state index in [-0.39, 0.29) is 0 Å². The van der Waals surface area contributed by atoms with Gasteiger partial charge < -0.3 is 15.0 Å². The molecule has 1 N–H and O–H groups in total. The van der Waals surface area contributed by atoms with Gasteiger partial charge in [-0.05, 0) is 31.1 Å². The molecule has 0 aromatic carbocycles. The summed E-state index contributed by atoms with van der Waals surface area (Å²) in [4.78, 5) is 6.77. The van der Waals surface area contributed by atoms with Gasteiger partial charge in [0.1, 0.15) is 0 Å². The highest BCUT2D eigenvalue weighted by Crippen LogP contribution is 2.28. The van der Waals surface area contributed by atoms with E-state index in [1.165, 1.54) is 32.1 Å². The van der Waals surface area contributed by atoms with Gasteiger partial charge in [0.05, 0.1) is 6.10 Å². The normalized spacial score (nSPS) is 23.6. The molecule has 1 aliphatic carbocycles. The van der Waals surface area contributed by atoms with E-state index in [1.807, 2.05) is 7.05 Å². The van der Waals surface area contributed by atoms with Crippen LogP contribution < -0.4 is 5.32 Å². The summed E-state index contributed by atoms with van der Waals surface area (Å²) in [6.45, 7) is 8.71. The van der Waals surface area contributed by atoms with Crippen molar-refractivity contribution in [1.82, 2.24) is 10.2 Å². The second-order valence-electron chi connectivity index (χ2n) is 6.94. The third-order valence-corrected chi connectivity index (χ3v) is 4.45. The number of ether oxygens (including phenoxy) is 1. The first-order valence-corrected chi connectivity index (χ1v) is 8.18. The molecule has 0 spiro atoms. The van der Waals surface area contributed by atoms with Crippen LogP contribution in [0, 0.1) is 5.41 Å². The van der Waals surface area contributed by atoms with E-state index in [0.717, 1.165) is 38.6 Å². The summed E-state index contributed by atoms with van der Waals surface area (Å²) in [5, 5.41) is 3.47. The standard InChI is InChI=1S/C16H31N3O/c1-16(2)9-11-19(13-16)15(17-3)18-10-6-12-20-14-7-4-5-8-14/h14H,4-13H2,1-3H3,(H,17,18). The molecular weight excluding hydrogens is 250 g/mol. The average molecular weight is 281 g/mol. The highest BCUT2D eigenvalue weighted by Gasteiger charge is 2.30. The van der Waals surface area contributed by atoms with Gasteiger partial charge in [-0.3, -0.25) is 4.99 Å². The van der Waals surface area contributed by atoms with Crippen LogP contribution in [-0.4, -0.2) is 50.3 Å². The van der Waals surface area contributed by atoms with Gasteiger partial charge >= 0.3 is 0 Å². The Morgan fingerprint density at radius 1 is 1.35 bits per heavy atom. The van der Waals surface area contributed by atoms with Crippen molar-refractivity contribution >= 4 is 5.96 Å².